The quantitative estimate of drug-likeness (QED) is 0.785. The lowest BCUT2D eigenvalue weighted by molar-refractivity contribution is 0.0485. The third-order valence-electron chi connectivity index (χ3n) is 5.40. The van der Waals surface area contributed by atoms with Crippen molar-refractivity contribution in [1.29, 1.82) is 0 Å². The van der Waals surface area contributed by atoms with Crippen LogP contribution in [0.1, 0.15) is 26.5 Å². The minimum Gasteiger partial charge on any atom is -0.378 e. The SMILES string of the molecule is CC(C)(C)c1ccnc(N[C@@H]2CO[C@@H]3[C@@H]2OC[C@@H]3NC(=O)N2CCOCC2)n1. The molecule has 3 aliphatic heterocycles. The topological polar surface area (TPSA) is 97.8 Å². The zero-order valence-electron chi connectivity index (χ0n) is 16.7. The van der Waals surface area contributed by atoms with E-state index in [1.807, 2.05) is 6.07 Å². The van der Waals surface area contributed by atoms with E-state index in [1.165, 1.54) is 0 Å². The predicted molar refractivity (Wildman–Crippen MR) is 102 cm³/mol. The van der Waals surface area contributed by atoms with Gasteiger partial charge in [0.2, 0.25) is 5.95 Å². The summed E-state index contributed by atoms with van der Waals surface area (Å²) in [5.41, 5.74) is 0.927. The van der Waals surface area contributed by atoms with Gasteiger partial charge in [0.05, 0.1) is 44.2 Å². The van der Waals surface area contributed by atoms with Gasteiger partial charge in [0.15, 0.2) is 0 Å². The molecule has 0 spiro atoms. The number of amides is 2. The Hall–Kier alpha value is -1.97. The van der Waals surface area contributed by atoms with Crippen molar-refractivity contribution in [3.63, 3.8) is 0 Å². The molecule has 4 heterocycles. The zero-order valence-corrected chi connectivity index (χ0v) is 16.7. The van der Waals surface area contributed by atoms with Crippen LogP contribution in [0.4, 0.5) is 10.7 Å². The van der Waals surface area contributed by atoms with Crippen LogP contribution in [-0.4, -0.2) is 84.7 Å². The molecule has 4 rings (SSSR count). The fourth-order valence-corrected chi connectivity index (χ4v) is 3.77. The van der Waals surface area contributed by atoms with Crippen molar-refractivity contribution in [2.45, 2.75) is 50.5 Å². The molecule has 3 fully saturated rings. The smallest absolute Gasteiger partial charge is 0.317 e. The third-order valence-corrected chi connectivity index (χ3v) is 5.40. The first kappa shape index (κ1) is 19.4. The largest absolute Gasteiger partial charge is 0.378 e. The van der Waals surface area contributed by atoms with Crippen LogP contribution in [-0.2, 0) is 19.6 Å². The van der Waals surface area contributed by atoms with Crippen molar-refractivity contribution in [2.24, 2.45) is 0 Å². The van der Waals surface area contributed by atoms with Crippen LogP contribution in [0, 0.1) is 0 Å². The Morgan fingerprint density at radius 3 is 2.54 bits per heavy atom. The predicted octanol–water partition coefficient (Wildman–Crippen LogP) is 0.763. The Bertz CT molecular complexity index is 704. The summed E-state index contributed by atoms with van der Waals surface area (Å²) in [5.74, 6) is 0.575. The average molecular weight is 391 g/mol. The molecule has 0 aromatic carbocycles. The fourth-order valence-electron chi connectivity index (χ4n) is 3.77. The number of aromatic nitrogens is 2. The van der Waals surface area contributed by atoms with E-state index in [2.05, 4.69) is 41.4 Å². The Labute approximate surface area is 165 Å². The number of nitrogens with one attached hydrogen (secondary N) is 2. The average Bonchev–Trinajstić information content (AvgIpc) is 3.26. The molecule has 0 bridgehead atoms. The number of carbonyl (C=O) groups is 1. The van der Waals surface area contributed by atoms with Crippen molar-refractivity contribution in [1.82, 2.24) is 20.2 Å². The second-order valence-corrected chi connectivity index (χ2v) is 8.52. The number of nitrogens with zero attached hydrogens (tertiary/aromatic N) is 3. The maximum atomic E-state index is 12.5. The first-order valence-electron chi connectivity index (χ1n) is 9.88. The molecule has 0 aliphatic carbocycles. The van der Waals surface area contributed by atoms with Gasteiger partial charge in [-0.3, -0.25) is 0 Å². The summed E-state index contributed by atoms with van der Waals surface area (Å²) in [6, 6.07) is 1.64. The Morgan fingerprint density at radius 2 is 1.82 bits per heavy atom. The number of hydrogen-bond donors (Lipinski definition) is 2. The highest BCUT2D eigenvalue weighted by Crippen LogP contribution is 2.29. The Balaban J connectivity index is 1.35. The van der Waals surface area contributed by atoms with Gasteiger partial charge in [-0.1, -0.05) is 20.8 Å². The first-order valence-corrected chi connectivity index (χ1v) is 9.88. The van der Waals surface area contributed by atoms with Crippen LogP contribution in [0.25, 0.3) is 0 Å². The molecule has 9 nitrogen and oxygen atoms in total. The van der Waals surface area contributed by atoms with Gasteiger partial charge in [-0.25, -0.2) is 14.8 Å². The normalized spacial score (nSPS) is 30.2. The standard InChI is InChI=1S/C19H29N5O4/c1-19(2,3)14-4-5-20-17(23-14)21-12-10-27-16-13(11-28-15(12)16)22-18(25)24-6-8-26-9-7-24/h4-5,12-13,15-16H,6-11H2,1-3H3,(H,22,25)(H,20,21,23)/t12-,13+,15-,16+/m1/s1. The molecule has 1 aromatic heterocycles. The minimum atomic E-state index is -0.173. The molecule has 154 valence electrons. The number of hydrogen-bond acceptors (Lipinski definition) is 7. The number of urea groups is 1. The highest BCUT2D eigenvalue weighted by molar-refractivity contribution is 5.74. The molecule has 9 heteroatoms. The zero-order chi connectivity index (χ0) is 19.7. The maximum Gasteiger partial charge on any atom is 0.317 e. The van der Waals surface area contributed by atoms with Crippen LogP contribution in [0.5, 0.6) is 0 Å². The molecule has 0 unspecified atom stereocenters. The maximum absolute atomic E-state index is 12.5. The number of ether oxygens (including phenoxy) is 3. The molecule has 2 amide bonds. The minimum absolute atomic E-state index is 0.0488. The third kappa shape index (κ3) is 4.06. The number of rotatable bonds is 3. The van der Waals surface area contributed by atoms with E-state index in [4.69, 9.17) is 14.2 Å². The molecular weight excluding hydrogens is 362 g/mol. The van der Waals surface area contributed by atoms with Crippen molar-refractivity contribution < 1.29 is 19.0 Å². The monoisotopic (exact) mass is 391 g/mol. The number of carbonyl (C=O) groups excluding carboxylic acids is 1. The highest BCUT2D eigenvalue weighted by Gasteiger charge is 2.48. The summed E-state index contributed by atoms with van der Waals surface area (Å²) in [4.78, 5) is 23.2. The fraction of sp³-hybridized carbons (Fsp3) is 0.737. The van der Waals surface area contributed by atoms with Gasteiger partial charge >= 0.3 is 6.03 Å². The van der Waals surface area contributed by atoms with Crippen LogP contribution in [0.3, 0.4) is 0 Å². The second-order valence-electron chi connectivity index (χ2n) is 8.52. The molecule has 0 radical (unpaired) electrons. The Morgan fingerprint density at radius 1 is 1.14 bits per heavy atom. The van der Waals surface area contributed by atoms with E-state index in [9.17, 15) is 4.79 Å². The van der Waals surface area contributed by atoms with Crippen LogP contribution < -0.4 is 10.6 Å². The number of fused-ring (bicyclic) bond motifs is 1. The van der Waals surface area contributed by atoms with E-state index >= 15 is 0 Å². The lowest BCUT2D eigenvalue weighted by atomic mass is 9.92. The summed E-state index contributed by atoms with van der Waals surface area (Å²) < 4.78 is 17.2. The van der Waals surface area contributed by atoms with E-state index in [0.717, 1.165) is 5.69 Å². The van der Waals surface area contributed by atoms with E-state index in [1.54, 1.807) is 11.1 Å². The highest BCUT2D eigenvalue weighted by atomic mass is 16.6. The number of morpholine rings is 1. The number of anilines is 1. The van der Waals surface area contributed by atoms with Gasteiger partial charge in [-0.2, -0.15) is 0 Å². The van der Waals surface area contributed by atoms with Gasteiger partial charge < -0.3 is 29.7 Å². The molecule has 4 atom stereocenters. The summed E-state index contributed by atoms with van der Waals surface area (Å²) in [6.07, 6.45) is 1.45. The molecule has 1 aromatic rings. The van der Waals surface area contributed by atoms with Crippen molar-refractivity contribution in [3.05, 3.63) is 18.0 Å². The van der Waals surface area contributed by atoms with Gasteiger partial charge in [0, 0.05) is 24.7 Å². The van der Waals surface area contributed by atoms with E-state index < -0.39 is 0 Å². The molecule has 2 N–H and O–H groups in total. The lowest BCUT2D eigenvalue weighted by Crippen LogP contribution is -2.52. The van der Waals surface area contributed by atoms with E-state index in [0.29, 0.717) is 45.5 Å². The van der Waals surface area contributed by atoms with Crippen molar-refractivity contribution >= 4 is 12.0 Å². The molecular formula is C19H29N5O4. The molecule has 0 saturated carbocycles. The summed E-state index contributed by atoms with van der Waals surface area (Å²) in [7, 11) is 0. The second kappa shape index (κ2) is 7.81. The summed E-state index contributed by atoms with van der Waals surface area (Å²) in [6.45, 7) is 9.67. The van der Waals surface area contributed by atoms with Crippen molar-refractivity contribution in [2.75, 3.05) is 44.8 Å². The van der Waals surface area contributed by atoms with Crippen LogP contribution in [0.2, 0.25) is 0 Å². The van der Waals surface area contributed by atoms with Gasteiger partial charge in [0.25, 0.3) is 0 Å². The van der Waals surface area contributed by atoms with Gasteiger partial charge in [-0.05, 0) is 6.07 Å². The molecule has 3 saturated heterocycles. The summed E-state index contributed by atoms with van der Waals surface area (Å²) >= 11 is 0. The molecule has 3 aliphatic rings. The van der Waals surface area contributed by atoms with Crippen LogP contribution >= 0.6 is 0 Å². The summed E-state index contributed by atoms with van der Waals surface area (Å²) in [5, 5.41) is 6.41. The first-order chi connectivity index (χ1) is 13.4. The van der Waals surface area contributed by atoms with Crippen LogP contribution in [0.15, 0.2) is 12.3 Å². The van der Waals surface area contributed by atoms with Gasteiger partial charge in [-0.15, -0.1) is 0 Å². The van der Waals surface area contributed by atoms with E-state index in [-0.39, 0.29) is 35.7 Å². The Kier molecular flexibility index (Phi) is 5.39. The van der Waals surface area contributed by atoms with Gasteiger partial charge in [0.1, 0.15) is 12.2 Å². The lowest BCUT2D eigenvalue weighted by Gasteiger charge is -2.29. The molecule has 28 heavy (non-hydrogen) atoms. The van der Waals surface area contributed by atoms with Crippen molar-refractivity contribution in [3.8, 4) is 0 Å².